The van der Waals surface area contributed by atoms with Crippen molar-refractivity contribution < 1.29 is 19.8 Å². The van der Waals surface area contributed by atoms with E-state index in [1.54, 1.807) is 5.38 Å². The first-order chi connectivity index (χ1) is 9.58. The number of benzene rings is 1. The summed E-state index contributed by atoms with van der Waals surface area (Å²) in [4.78, 5) is 25.0. The fourth-order valence-corrected chi connectivity index (χ4v) is 3.51. The van der Waals surface area contributed by atoms with Gasteiger partial charge in [0.1, 0.15) is 6.04 Å². The fourth-order valence-electron chi connectivity index (χ4n) is 2.57. The van der Waals surface area contributed by atoms with Crippen molar-refractivity contribution in [3.63, 3.8) is 0 Å². The van der Waals surface area contributed by atoms with Crippen molar-refractivity contribution >= 4 is 33.3 Å². The molecule has 1 amide bonds. The van der Waals surface area contributed by atoms with Crippen LogP contribution in [0.5, 0.6) is 0 Å². The van der Waals surface area contributed by atoms with Gasteiger partial charge in [0.2, 0.25) is 0 Å². The highest BCUT2D eigenvalue weighted by Crippen LogP contribution is 2.29. The van der Waals surface area contributed by atoms with Crippen molar-refractivity contribution in [2.45, 2.75) is 18.6 Å². The number of aliphatic hydroxyl groups excluding tert-OH is 1. The first-order valence-corrected chi connectivity index (χ1v) is 7.14. The summed E-state index contributed by atoms with van der Waals surface area (Å²) < 4.78 is 0.988. The molecule has 2 N–H and O–H groups in total. The number of carboxylic acids is 1. The Hall–Kier alpha value is -1.92. The lowest BCUT2D eigenvalue weighted by Crippen LogP contribution is -2.40. The molecule has 1 aliphatic heterocycles. The maximum atomic E-state index is 12.5. The van der Waals surface area contributed by atoms with Crippen LogP contribution in [0, 0.1) is 0 Å². The maximum absolute atomic E-state index is 12.5. The summed E-state index contributed by atoms with van der Waals surface area (Å²) in [6.45, 7) is 0.0694. The molecule has 0 bridgehead atoms. The number of likely N-dealkylation sites (tertiary alicyclic amines) is 1. The number of aliphatic carboxylic acids is 1. The van der Waals surface area contributed by atoms with Crippen LogP contribution in [0.2, 0.25) is 0 Å². The van der Waals surface area contributed by atoms with E-state index in [1.165, 1.54) is 16.2 Å². The number of thiophene rings is 1. The molecular formula is C14H13NO4S. The maximum Gasteiger partial charge on any atom is 0.326 e. The Labute approximate surface area is 119 Å². The predicted octanol–water partition coefficient (Wildman–Crippen LogP) is 1.56. The molecule has 6 heteroatoms. The molecule has 2 aromatic rings. The van der Waals surface area contributed by atoms with E-state index in [0.717, 1.165) is 10.1 Å². The van der Waals surface area contributed by atoms with E-state index in [-0.39, 0.29) is 18.9 Å². The number of amides is 1. The second kappa shape index (κ2) is 4.88. The molecule has 0 spiro atoms. The standard InChI is InChI=1S/C14H13NO4S/c16-8-5-11(14(18)19)15(6-8)13(17)10-7-20-12-4-2-1-3-9(10)12/h1-4,7-8,11,16H,5-6H2,(H,18,19)/t8?,11-/m0/s1. The Kier molecular flexibility index (Phi) is 3.19. The van der Waals surface area contributed by atoms with E-state index >= 15 is 0 Å². The van der Waals surface area contributed by atoms with Gasteiger partial charge in [-0.3, -0.25) is 4.79 Å². The topological polar surface area (TPSA) is 77.8 Å². The zero-order chi connectivity index (χ0) is 14.3. The summed E-state index contributed by atoms with van der Waals surface area (Å²) >= 11 is 1.45. The number of hydrogen-bond donors (Lipinski definition) is 2. The highest BCUT2D eigenvalue weighted by atomic mass is 32.1. The highest BCUT2D eigenvalue weighted by Gasteiger charge is 2.39. The number of rotatable bonds is 2. The zero-order valence-electron chi connectivity index (χ0n) is 10.5. The summed E-state index contributed by atoms with van der Waals surface area (Å²) in [6, 6.07) is 6.56. The molecular weight excluding hydrogens is 278 g/mol. The van der Waals surface area contributed by atoms with E-state index in [4.69, 9.17) is 5.11 Å². The summed E-state index contributed by atoms with van der Waals surface area (Å²) in [5, 5.41) is 21.4. The Morgan fingerprint density at radius 1 is 1.30 bits per heavy atom. The van der Waals surface area contributed by atoms with Gasteiger partial charge in [0.25, 0.3) is 5.91 Å². The molecule has 104 valence electrons. The van der Waals surface area contributed by atoms with Crippen LogP contribution in [0.4, 0.5) is 0 Å². The average Bonchev–Trinajstić information content (AvgIpc) is 3.01. The predicted molar refractivity (Wildman–Crippen MR) is 74.9 cm³/mol. The van der Waals surface area contributed by atoms with E-state index in [1.807, 2.05) is 24.3 Å². The van der Waals surface area contributed by atoms with Crippen LogP contribution in [-0.2, 0) is 4.79 Å². The van der Waals surface area contributed by atoms with Gasteiger partial charge in [-0.15, -0.1) is 11.3 Å². The molecule has 1 fully saturated rings. The number of carbonyl (C=O) groups is 2. The molecule has 3 rings (SSSR count). The molecule has 1 unspecified atom stereocenters. The Balaban J connectivity index is 1.98. The molecule has 1 aromatic carbocycles. The number of hydrogen-bond acceptors (Lipinski definition) is 4. The summed E-state index contributed by atoms with van der Waals surface area (Å²) in [5.74, 6) is -1.40. The Morgan fingerprint density at radius 3 is 2.80 bits per heavy atom. The molecule has 0 aliphatic carbocycles. The molecule has 2 heterocycles. The van der Waals surface area contributed by atoms with Gasteiger partial charge in [-0.2, -0.15) is 0 Å². The van der Waals surface area contributed by atoms with Crippen LogP contribution < -0.4 is 0 Å². The minimum absolute atomic E-state index is 0.0694. The molecule has 20 heavy (non-hydrogen) atoms. The normalized spacial score (nSPS) is 22.4. The van der Waals surface area contributed by atoms with Crippen molar-refractivity contribution in [1.82, 2.24) is 4.90 Å². The highest BCUT2D eigenvalue weighted by molar-refractivity contribution is 7.17. The largest absolute Gasteiger partial charge is 0.480 e. The van der Waals surface area contributed by atoms with Crippen LogP contribution >= 0.6 is 11.3 Å². The van der Waals surface area contributed by atoms with Crippen LogP contribution in [0.1, 0.15) is 16.8 Å². The third-order valence-electron chi connectivity index (χ3n) is 3.54. The van der Waals surface area contributed by atoms with Gasteiger partial charge < -0.3 is 15.1 Å². The number of nitrogens with zero attached hydrogens (tertiary/aromatic N) is 1. The lowest BCUT2D eigenvalue weighted by molar-refractivity contribution is -0.141. The Morgan fingerprint density at radius 2 is 2.05 bits per heavy atom. The summed E-state index contributed by atoms with van der Waals surface area (Å²) in [7, 11) is 0. The van der Waals surface area contributed by atoms with Crippen molar-refractivity contribution in [2.24, 2.45) is 0 Å². The second-order valence-corrected chi connectivity index (χ2v) is 5.76. The molecule has 1 aromatic heterocycles. The number of carbonyl (C=O) groups excluding carboxylic acids is 1. The summed E-state index contributed by atoms with van der Waals surface area (Å²) in [5.41, 5.74) is 0.506. The SMILES string of the molecule is O=C(O)[C@@H]1CC(O)CN1C(=O)c1csc2ccccc12. The molecule has 1 aliphatic rings. The third kappa shape index (κ3) is 2.07. The van der Waals surface area contributed by atoms with E-state index in [2.05, 4.69) is 0 Å². The zero-order valence-corrected chi connectivity index (χ0v) is 11.3. The molecule has 5 nitrogen and oxygen atoms in total. The van der Waals surface area contributed by atoms with E-state index in [9.17, 15) is 14.7 Å². The molecule has 2 atom stereocenters. The van der Waals surface area contributed by atoms with Crippen LogP contribution in [0.15, 0.2) is 29.6 Å². The third-order valence-corrected chi connectivity index (χ3v) is 4.50. The number of carboxylic acid groups (broad SMARTS) is 1. The van der Waals surface area contributed by atoms with Gasteiger partial charge in [-0.1, -0.05) is 18.2 Å². The van der Waals surface area contributed by atoms with Crippen molar-refractivity contribution in [3.05, 3.63) is 35.2 Å². The monoisotopic (exact) mass is 291 g/mol. The fraction of sp³-hybridized carbons (Fsp3) is 0.286. The second-order valence-electron chi connectivity index (χ2n) is 4.85. The van der Waals surface area contributed by atoms with Crippen LogP contribution in [0.25, 0.3) is 10.1 Å². The minimum atomic E-state index is -1.07. The smallest absolute Gasteiger partial charge is 0.326 e. The number of β-amino-alcohol motifs (C(OH)–C–C–N with tert-alkyl or cyclic N) is 1. The number of aliphatic hydroxyl groups is 1. The van der Waals surface area contributed by atoms with Gasteiger partial charge in [0, 0.05) is 28.4 Å². The van der Waals surface area contributed by atoms with Gasteiger partial charge in [-0.05, 0) is 6.07 Å². The van der Waals surface area contributed by atoms with E-state index < -0.39 is 18.1 Å². The number of fused-ring (bicyclic) bond motifs is 1. The van der Waals surface area contributed by atoms with Crippen molar-refractivity contribution in [1.29, 1.82) is 0 Å². The summed E-state index contributed by atoms with van der Waals surface area (Å²) in [6.07, 6.45) is -0.687. The first kappa shape index (κ1) is 13.1. The van der Waals surface area contributed by atoms with Crippen LogP contribution in [-0.4, -0.2) is 45.7 Å². The molecule has 0 saturated carbocycles. The minimum Gasteiger partial charge on any atom is -0.480 e. The molecule has 1 saturated heterocycles. The lowest BCUT2D eigenvalue weighted by atomic mass is 10.1. The van der Waals surface area contributed by atoms with Gasteiger partial charge in [0.05, 0.1) is 11.7 Å². The lowest BCUT2D eigenvalue weighted by Gasteiger charge is -2.20. The Bertz CT molecular complexity index is 681. The van der Waals surface area contributed by atoms with Gasteiger partial charge in [0.15, 0.2) is 0 Å². The quantitative estimate of drug-likeness (QED) is 0.880. The van der Waals surface area contributed by atoms with Gasteiger partial charge >= 0.3 is 5.97 Å². The first-order valence-electron chi connectivity index (χ1n) is 6.26. The van der Waals surface area contributed by atoms with Crippen LogP contribution in [0.3, 0.4) is 0 Å². The average molecular weight is 291 g/mol. The van der Waals surface area contributed by atoms with Gasteiger partial charge in [-0.25, -0.2) is 4.79 Å². The van der Waals surface area contributed by atoms with Crippen molar-refractivity contribution in [3.8, 4) is 0 Å². The van der Waals surface area contributed by atoms with E-state index in [0.29, 0.717) is 5.56 Å². The van der Waals surface area contributed by atoms with Crippen molar-refractivity contribution in [2.75, 3.05) is 6.54 Å². The molecule has 0 radical (unpaired) electrons.